The van der Waals surface area contributed by atoms with E-state index in [-0.39, 0.29) is 12.2 Å². The fourth-order valence-corrected chi connectivity index (χ4v) is 2.52. The van der Waals surface area contributed by atoms with Gasteiger partial charge in [-0.05, 0) is 25.0 Å². The van der Waals surface area contributed by atoms with Crippen LogP contribution in [-0.4, -0.2) is 27.6 Å². The van der Waals surface area contributed by atoms with Crippen LogP contribution in [0.3, 0.4) is 0 Å². The van der Waals surface area contributed by atoms with E-state index in [1.807, 2.05) is 6.92 Å². The zero-order chi connectivity index (χ0) is 16.3. The van der Waals surface area contributed by atoms with Gasteiger partial charge in [-0.15, -0.1) is 0 Å². The molecule has 1 aliphatic rings. The molecule has 0 fully saturated rings. The lowest BCUT2D eigenvalue weighted by Gasteiger charge is -2.42. The summed E-state index contributed by atoms with van der Waals surface area (Å²) in [5.74, 6) is 4.51. The number of carbonyl (C=O) groups is 2. The molecule has 1 unspecified atom stereocenters. The van der Waals surface area contributed by atoms with Crippen LogP contribution in [0.25, 0.3) is 0 Å². The number of aliphatic hydroxyl groups is 1. The minimum atomic E-state index is -1.42. The van der Waals surface area contributed by atoms with Crippen molar-refractivity contribution in [2.45, 2.75) is 52.6 Å². The topological polar surface area (TPSA) is 74.6 Å². The molecular weight excluding hydrogens is 268 g/mol. The Morgan fingerprint density at radius 3 is 2.57 bits per heavy atom. The van der Waals surface area contributed by atoms with E-state index in [1.165, 1.54) is 6.08 Å². The number of carboxylic acid groups (broad SMARTS) is 1. The second-order valence-corrected chi connectivity index (χ2v) is 6.07. The van der Waals surface area contributed by atoms with Crippen molar-refractivity contribution < 1.29 is 19.8 Å². The molecule has 2 N–H and O–H groups in total. The van der Waals surface area contributed by atoms with E-state index in [9.17, 15) is 14.7 Å². The molecule has 0 radical (unpaired) electrons. The molecule has 0 aromatic rings. The van der Waals surface area contributed by atoms with Crippen molar-refractivity contribution in [1.29, 1.82) is 0 Å². The maximum absolute atomic E-state index is 11.6. The summed E-state index contributed by atoms with van der Waals surface area (Å²) in [6, 6.07) is 0. The third-order valence-corrected chi connectivity index (χ3v) is 3.76. The van der Waals surface area contributed by atoms with Crippen molar-refractivity contribution in [3.63, 3.8) is 0 Å². The summed E-state index contributed by atoms with van der Waals surface area (Å²) in [6.07, 6.45) is 4.00. The number of aliphatic carboxylic acids is 1. The molecule has 0 bridgehead atoms. The van der Waals surface area contributed by atoms with Gasteiger partial charge in [0, 0.05) is 23.5 Å². The van der Waals surface area contributed by atoms with Crippen LogP contribution in [0.5, 0.6) is 0 Å². The minimum Gasteiger partial charge on any atom is -0.478 e. The van der Waals surface area contributed by atoms with Gasteiger partial charge < -0.3 is 10.2 Å². The van der Waals surface area contributed by atoms with Crippen LogP contribution >= 0.6 is 0 Å². The van der Waals surface area contributed by atoms with E-state index in [0.29, 0.717) is 17.6 Å². The van der Waals surface area contributed by atoms with Crippen molar-refractivity contribution in [1.82, 2.24) is 0 Å². The Labute approximate surface area is 125 Å². The monoisotopic (exact) mass is 290 g/mol. The van der Waals surface area contributed by atoms with Crippen molar-refractivity contribution in [3.05, 3.63) is 23.3 Å². The Bertz CT molecular complexity index is 569. The van der Waals surface area contributed by atoms with Gasteiger partial charge in [-0.25, -0.2) is 4.79 Å². The third-order valence-electron chi connectivity index (χ3n) is 3.76. The molecule has 21 heavy (non-hydrogen) atoms. The second kappa shape index (κ2) is 6.28. The van der Waals surface area contributed by atoms with Gasteiger partial charge in [0.15, 0.2) is 11.4 Å². The summed E-state index contributed by atoms with van der Waals surface area (Å²) in [4.78, 5) is 22.4. The average molecular weight is 290 g/mol. The number of rotatable bonds is 3. The molecule has 1 rings (SSSR count). The van der Waals surface area contributed by atoms with Crippen LogP contribution in [0.2, 0.25) is 0 Å². The third kappa shape index (κ3) is 3.83. The molecule has 0 saturated heterocycles. The van der Waals surface area contributed by atoms with E-state index in [4.69, 9.17) is 5.11 Å². The molecule has 4 heteroatoms. The standard InChI is InChI=1S/C17H22O4/c1-5-6-13(10-15(19)20)7-8-17(21)12(2)9-14(18)11-16(17,3)4/h9-10,21H,5-6,11H2,1-4H3,(H,19,20)/b13-10+. The summed E-state index contributed by atoms with van der Waals surface area (Å²) >= 11 is 0. The van der Waals surface area contributed by atoms with Crippen LogP contribution in [-0.2, 0) is 9.59 Å². The molecule has 114 valence electrons. The van der Waals surface area contributed by atoms with E-state index >= 15 is 0 Å². The first-order valence-corrected chi connectivity index (χ1v) is 7.03. The van der Waals surface area contributed by atoms with E-state index in [0.717, 1.165) is 12.5 Å². The molecule has 0 heterocycles. The summed E-state index contributed by atoms with van der Waals surface area (Å²) < 4.78 is 0. The largest absolute Gasteiger partial charge is 0.478 e. The fourth-order valence-electron chi connectivity index (χ4n) is 2.52. The quantitative estimate of drug-likeness (QED) is 0.618. The lowest BCUT2D eigenvalue weighted by atomic mass is 9.65. The molecule has 1 atom stereocenters. The molecule has 0 amide bonds. The highest BCUT2D eigenvalue weighted by molar-refractivity contribution is 5.93. The first kappa shape index (κ1) is 17.2. The highest BCUT2D eigenvalue weighted by atomic mass is 16.4. The second-order valence-electron chi connectivity index (χ2n) is 6.07. The smallest absolute Gasteiger partial charge is 0.329 e. The highest BCUT2D eigenvalue weighted by Gasteiger charge is 2.47. The average Bonchev–Trinajstić information content (AvgIpc) is 2.32. The van der Waals surface area contributed by atoms with Crippen molar-refractivity contribution in [2.75, 3.05) is 0 Å². The molecule has 1 aliphatic carbocycles. The van der Waals surface area contributed by atoms with E-state index in [2.05, 4.69) is 11.8 Å². The summed E-state index contributed by atoms with van der Waals surface area (Å²) in [6.45, 7) is 7.18. The maximum atomic E-state index is 11.6. The molecular formula is C17H22O4. The molecule has 0 spiro atoms. The van der Waals surface area contributed by atoms with Crippen LogP contribution in [0.15, 0.2) is 23.3 Å². The fraction of sp³-hybridized carbons (Fsp3) is 0.529. The maximum Gasteiger partial charge on any atom is 0.329 e. The van der Waals surface area contributed by atoms with E-state index in [1.54, 1.807) is 20.8 Å². The van der Waals surface area contributed by atoms with Crippen molar-refractivity contribution in [3.8, 4) is 11.8 Å². The first-order chi connectivity index (χ1) is 9.62. The Kier molecular flexibility index (Phi) is 5.14. The van der Waals surface area contributed by atoms with Crippen molar-refractivity contribution >= 4 is 11.8 Å². The molecule has 0 aromatic heterocycles. The highest BCUT2D eigenvalue weighted by Crippen LogP contribution is 2.42. The lowest BCUT2D eigenvalue weighted by molar-refractivity contribution is -0.131. The predicted octanol–water partition coefficient (Wildman–Crippen LogP) is 2.48. The van der Waals surface area contributed by atoms with Gasteiger partial charge in [-0.1, -0.05) is 39.0 Å². The van der Waals surface area contributed by atoms with Crippen LogP contribution < -0.4 is 0 Å². The minimum absolute atomic E-state index is 0.0289. The Morgan fingerprint density at radius 1 is 1.48 bits per heavy atom. The number of hydrogen-bond acceptors (Lipinski definition) is 3. The van der Waals surface area contributed by atoms with Crippen LogP contribution in [0, 0.1) is 17.3 Å². The van der Waals surface area contributed by atoms with E-state index < -0.39 is 17.0 Å². The summed E-state index contributed by atoms with van der Waals surface area (Å²) in [5, 5.41) is 19.7. The molecule has 0 saturated carbocycles. The SMILES string of the molecule is CCC/C(C#CC1(O)C(C)=CC(=O)CC1(C)C)=C\C(=O)O. The Morgan fingerprint density at radius 2 is 2.10 bits per heavy atom. The van der Waals surface area contributed by atoms with Gasteiger partial charge in [0.1, 0.15) is 0 Å². The van der Waals surface area contributed by atoms with Gasteiger partial charge >= 0.3 is 5.97 Å². The normalized spacial score (nSPS) is 24.9. The number of ketones is 1. The lowest BCUT2D eigenvalue weighted by Crippen LogP contribution is -2.48. The number of hydrogen-bond donors (Lipinski definition) is 2. The predicted molar refractivity (Wildman–Crippen MR) is 80.5 cm³/mol. The molecule has 0 aromatic carbocycles. The number of carboxylic acids is 1. The Hall–Kier alpha value is -1.86. The number of allylic oxidation sites excluding steroid dienone is 2. The summed E-state index contributed by atoms with van der Waals surface area (Å²) in [7, 11) is 0. The molecule has 4 nitrogen and oxygen atoms in total. The number of carbonyl (C=O) groups excluding carboxylic acids is 1. The Balaban J connectivity index is 3.26. The van der Waals surface area contributed by atoms with Crippen LogP contribution in [0.4, 0.5) is 0 Å². The van der Waals surface area contributed by atoms with Gasteiger partial charge in [-0.2, -0.15) is 0 Å². The van der Waals surface area contributed by atoms with Gasteiger partial charge in [0.25, 0.3) is 0 Å². The van der Waals surface area contributed by atoms with Gasteiger partial charge in [-0.3, -0.25) is 4.79 Å². The van der Waals surface area contributed by atoms with Crippen LogP contribution in [0.1, 0.15) is 47.0 Å². The zero-order valence-electron chi connectivity index (χ0n) is 13.0. The first-order valence-electron chi connectivity index (χ1n) is 7.03. The zero-order valence-corrected chi connectivity index (χ0v) is 13.0. The van der Waals surface area contributed by atoms with Gasteiger partial charge in [0.2, 0.25) is 0 Å². The summed E-state index contributed by atoms with van der Waals surface area (Å²) in [5.41, 5.74) is -1.16. The molecule has 0 aliphatic heterocycles. The van der Waals surface area contributed by atoms with Gasteiger partial charge in [0.05, 0.1) is 0 Å². The van der Waals surface area contributed by atoms with Crippen molar-refractivity contribution in [2.24, 2.45) is 5.41 Å².